The molecule has 2 bridgehead atoms. The van der Waals surface area contributed by atoms with Crippen LogP contribution in [0.2, 0.25) is 5.02 Å². The largest absolute Gasteiger partial charge is 0.346 e. The number of pyridine rings is 1. The number of piperidine rings is 1. The van der Waals surface area contributed by atoms with Crippen LogP contribution < -0.4 is 5.32 Å². The minimum absolute atomic E-state index is 0.0717. The van der Waals surface area contributed by atoms with Crippen molar-refractivity contribution in [1.82, 2.24) is 15.2 Å². The van der Waals surface area contributed by atoms with Crippen LogP contribution in [0.5, 0.6) is 0 Å². The lowest BCUT2D eigenvalue weighted by Gasteiger charge is -2.22. The Morgan fingerprint density at radius 3 is 2.94 bits per heavy atom. The van der Waals surface area contributed by atoms with Gasteiger partial charge in [-0.3, -0.25) is 4.79 Å². The Balaban J connectivity index is 1.69. The smallest absolute Gasteiger partial charge is 0.270 e. The van der Waals surface area contributed by atoms with Gasteiger partial charge in [0, 0.05) is 19.1 Å². The second-order valence-electron chi connectivity index (χ2n) is 4.86. The number of hydrogen-bond donors (Lipinski definition) is 1. The van der Waals surface area contributed by atoms with E-state index in [1.807, 2.05) is 0 Å². The second-order valence-corrected chi connectivity index (χ2v) is 5.26. The van der Waals surface area contributed by atoms with Crippen molar-refractivity contribution >= 4 is 17.5 Å². The number of hydrogen-bond acceptors (Lipinski definition) is 3. The molecule has 3 heterocycles. The van der Waals surface area contributed by atoms with Crippen molar-refractivity contribution in [3.05, 3.63) is 28.8 Å². The molecule has 1 aromatic rings. The van der Waals surface area contributed by atoms with Gasteiger partial charge in [-0.2, -0.15) is 4.39 Å². The summed E-state index contributed by atoms with van der Waals surface area (Å²) >= 11 is 5.53. The lowest BCUT2D eigenvalue weighted by Crippen LogP contribution is -2.43. The number of nitrogens with zero attached hydrogens (tertiary/aromatic N) is 2. The van der Waals surface area contributed by atoms with Gasteiger partial charge in [-0.05, 0) is 31.0 Å². The zero-order valence-corrected chi connectivity index (χ0v) is 10.5. The molecule has 6 heteroatoms. The van der Waals surface area contributed by atoms with Crippen molar-refractivity contribution in [2.24, 2.45) is 5.92 Å². The van der Waals surface area contributed by atoms with Gasteiger partial charge in [-0.15, -0.1) is 0 Å². The minimum Gasteiger partial charge on any atom is -0.346 e. The van der Waals surface area contributed by atoms with E-state index >= 15 is 0 Å². The molecule has 1 N–H and O–H groups in total. The van der Waals surface area contributed by atoms with Crippen LogP contribution >= 0.6 is 11.6 Å². The Bertz CT molecular complexity index is 496. The maximum Gasteiger partial charge on any atom is 0.270 e. The fourth-order valence-electron chi connectivity index (χ4n) is 2.73. The molecule has 2 saturated heterocycles. The number of aromatic nitrogens is 1. The molecule has 0 saturated carbocycles. The van der Waals surface area contributed by atoms with Gasteiger partial charge in [0.1, 0.15) is 5.69 Å². The molecule has 1 aromatic heterocycles. The lowest BCUT2D eigenvalue weighted by molar-refractivity contribution is 0.0918. The third-order valence-corrected chi connectivity index (χ3v) is 3.97. The van der Waals surface area contributed by atoms with Gasteiger partial charge in [0.25, 0.3) is 5.91 Å². The van der Waals surface area contributed by atoms with E-state index in [-0.39, 0.29) is 22.7 Å². The molecule has 96 valence electrons. The molecule has 1 amide bonds. The van der Waals surface area contributed by atoms with Crippen LogP contribution in [0.25, 0.3) is 0 Å². The van der Waals surface area contributed by atoms with Gasteiger partial charge in [-0.1, -0.05) is 11.6 Å². The summed E-state index contributed by atoms with van der Waals surface area (Å²) in [4.78, 5) is 17.8. The topological polar surface area (TPSA) is 45.2 Å². The van der Waals surface area contributed by atoms with E-state index in [1.165, 1.54) is 12.1 Å². The first-order valence-electron chi connectivity index (χ1n) is 5.99. The van der Waals surface area contributed by atoms with Gasteiger partial charge in [0.2, 0.25) is 5.95 Å². The highest BCUT2D eigenvalue weighted by Gasteiger charge is 2.38. The van der Waals surface area contributed by atoms with Crippen molar-refractivity contribution in [2.75, 3.05) is 19.6 Å². The predicted molar refractivity (Wildman–Crippen MR) is 65.0 cm³/mol. The number of halogens is 2. The molecule has 3 unspecified atom stereocenters. The lowest BCUT2D eigenvalue weighted by atomic mass is 10.00. The van der Waals surface area contributed by atoms with E-state index in [0.717, 1.165) is 26.1 Å². The third-order valence-electron chi connectivity index (χ3n) is 3.69. The predicted octanol–water partition coefficient (Wildman–Crippen LogP) is 1.31. The molecule has 2 aliphatic rings. The number of rotatable bonds is 2. The number of nitrogens with one attached hydrogen (secondary N) is 1. The summed E-state index contributed by atoms with van der Waals surface area (Å²) in [6, 6.07) is 2.95. The summed E-state index contributed by atoms with van der Waals surface area (Å²) in [5, 5.41) is 2.85. The summed E-state index contributed by atoms with van der Waals surface area (Å²) in [5.74, 6) is -0.614. The highest BCUT2D eigenvalue weighted by molar-refractivity contribution is 6.30. The molecule has 3 atom stereocenters. The Kier molecular flexibility index (Phi) is 2.95. The summed E-state index contributed by atoms with van der Waals surface area (Å²) in [7, 11) is 0. The molecule has 0 aliphatic carbocycles. The maximum atomic E-state index is 13.2. The van der Waals surface area contributed by atoms with E-state index in [9.17, 15) is 9.18 Å². The third kappa shape index (κ3) is 2.08. The van der Waals surface area contributed by atoms with E-state index < -0.39 is 5.95 Å². The van der Waals surface area contributed by atoms with E-state index in [0.29, 0.717) is 5.92 Å². The number of amides is 1. The first-order chi connectivity index (χ1) is 8.63. The standard InChI is InChI=1S/C12H13ClFN3O/c13-8-1-2-9(15-11(8)14)12(18)16-10-6-17-4-3-7(10)5-17/h1-2,7,10H,3-6H2,(H,16,18). The van der Waals surface area contributed by atoms with Crippen LogP contribution in [0.15, 0.2) is 12.1 Å². The van der Waals surface area contributed by atoms with Gasteiger partial charge in [-0.25, -0.2) is 4.98 Å². The van der Waals surface area contributed by atoms with Crippen LogP contribution in [0.4, 0.5) is 4.39 Å². The van der Waals surface area contributed by atoms with Crippen LogP contribution in [0, 0.1) is 11.9 Å². The highest BCUT2D eigenvalue weighted by atomic mass is 35.5. The van der Waals surface area contributed by atoms with Gasteiger partial charge in [0.15, 0.2) is 0 Å². The molecule has 0 radical (unpaired) electrons. The fraction of sp³-hybridized carbons (Fsp3) is 0.500. The minimum atomic E-state index is -0.805. The molecule has 0 spiro atoms. The van der Waals surface area contributed by atoms with Crippen LogP contribution in [-0.4, -0.2) is 41.5 Å². The number of carbonyl (C=O) groups is 1. The monoisotopic (exact) mass is 269 g/mol. The number of fused-ring (bicyclic) bond motifs is 2. The SMILES string of the molecule is O=C(NC1CN2CCC1C2)c1ccc(Cl)c(F)n1. The van der Waals surface area contributed by atoms with Crippen LogP contribution in [0.1, 0.15) is 16.9 Å². The Hall–Kier alpha value is -1.20. The van der Waals surface area contributed by atoms with Crippen LogP contribution in [-0.2, 0) is 0 Å². The Morgan fingerprint density at radius 1 is 1.50 bits per heavy atom. The summed E-state index contributed by atoms with van der Waals surface area (Å²) in [5.41, 5.74) is 0.0784. The molecule has 2 fully saturated rings. The summed E-state index contributed by atoms with van der Waals surface area (Å²) in [6.07, 6.45) is 1.12. The van der Waals surface area contributed by atoms with E-state index in [4.69, 9.17) is 11.6 Å². The van der Waals surface area contributed by atoms with Gasteiger partial charge < -0.3 is 10.2 Å². The molecule has 0 aromatic carbocycles. The van der Waals surface area contributed by atoms with Crippen LogP contribution in [0.3, 0.4) is 0 Å². The fourth-order valence-corrected chi connectivity index (χ4v) is 2.84. The maximum absolute atomic E-state index is 13.2. The zero-order valence-electron chi connectivity index (χ0n) is 9.70. The summed E-state index contributed by atoms with van der Waals surface area (Å²) < 4.78 is 13.2. The van der Waals surface area contributed by atoms with Crippen molar-refractivity contribution in [3.8, 4) is 0 Å². The Morgan fingerprint density at radius 2 is 2.33 bits per heavy atom. The molecule has 2 aliphatic heterocycles. The molecule has 4 nitrogen and oxygen atoms in total. The van der Waals surface area contributed by atoms with Crippen molar-refractivity contribution in [2.45, 2.75) is 12.5 Å². The Labute approximate surface area is 109 Å². The normalized spacial score (nSPS) is 29.6. The van der Waals surface area contributed by atoms with Crippen molar-refractivity contribution in [1.29, 1.82) is 0 Å². The van der Waals surface area contributed by atoms with E-state index in [2.05, 4.69) is 15.2 Å². The average Bonchev–Trinajstić information content (AvgIpc) is 2.94. The van der Waals surface area contributed by atoms with Crippen molar-refractivity contribution in [3.63, 3.8) is 0 Å². The zero-order chi connectivity index (χ0) is 12.7. The van der Waals surface area contributed by atoms with Crippen molar-refractivity contribution < 1.29 is 9.18 Å². The quantitative estimate of drug-likeness (QED) is 0.824. The number of carbonyl (C=O) groups excluding carboxylic acids is 1. The molecule has 3 rings (SSSR count). The first kappa shape index (κ1) is 11.9. The first-order valence-corrected chi connectivity index (χ1v) is 6.36. The highest BCUT2D eigenvalue weighted by Crippen LogP contribution is 2.27. The second kappa shape index (κ2) is 4.48. The molecular formula is C12H13ClFN3O. The molecular weight excluding hydrogens is 257 g/mol. The average molecular weight is 270 g/mol. The van der Waals surface area contributed by atoms with Gasteiger partial charge in [0.05, 0.1) is 5.02 Å². The summed E-state index contributed by atoms with van der Waals surface area (Å²) in [6.45, 7) is 3.05. The van der Waals surface area contributed by atoms with E-state index in [1.54, 1.807) is 0 Å². The van der Waals surface area contributed by atoms with Gasteiger partial charge >= 0.3 is 0 Å². The molecule has 18 heavy (non-hydrogen) atoms.